The van der Waals surface area contributed by atoms with Gasteiger partial charge in [0.1, 0.15) is 0 Å². The molecule has 0 aliphatic carbocycles. The summed E-state index contributed by atoms with van der Waals surface area (Å²) in [5.41, 5.74) is 0.274. The Hall–Kier alpha value is -1.76. The number of likely N-dealkylation sites (tertiary alicyclic amines) is 1. The van der Waals surface area contributed by atoms with Gasteiger partial charge in [-0.2, -0.15) is 13.2 Å². The number of hydrogen-bond donors (Lipinski definition) is 0. The lowest BCUT2D eigenvalue weighted by atomic mass is 9.74. The smallest absolute Gasteiger partial charge is 0.369 e. The molecule has 0 saturated carbocycles. The van der Waals surface area contributed by atoms with Gasteiger partial charge in [-0.3, -0.25) is 9.69 Å². The maximum absolute atomic E-state index is 13.0. The minimum absolute atomic E-state index is 0.0611. The van der Waals surface area contributed by atoms with Gasteiger partial charge >= 0.3 is 6.18 Å². The van der Waals surface area contributed by atoms with Crippen LogP contribution in [0.2, 0.25) is 0 Å². The second-order valence-corrected chi connectivity index (χ2v) is 11.4. The van der Waals surface area contributed by atoms with E-state index in [2.05, 4.69) is 37.5 Å². The van der Waals surface area contributed by atoms with E-state index in [1.807, 2.05) is 4.90 Å². The van der Waals surface area contributed by atoms with Crippen molar-refractivity contribution in [3.05, 3.63) is 29.8 Å². The van der Waals surface area contributed by atoms with Crippen LogP contribution in [0.15, 0.2) is 24.3 Å². The molecule has 0 aromatic heterocycles. The lowest BCUT2D eigenvalue weighted by molar-refractivity contribution is -0.137. The number of nitrogens with zero attached hydrogens (tertiary/aromatic N) is 3. The fourth-order valence-corrected chi connectivity index (χ4v) is 5.67. The van der Waals surface area contributed by atoms with Crippen molar-refractivity contribution in [1.82, 2.24) is 9.80 Å². The van der Waals surface area contributed by atoms with E-state index in [0.29, 0.717) is 12.1 Å². The summed E-state index contributed by atoms with van der Waals surface area (Å²) in [7, 11) is 0. The van der Waals surface area contributed by atoms with E-state index in [0.717, 1.165) is 77.6 Å². The molecule has 0 radical (unpaired) electrons. The Morgan fingerprint density at radius 2 is 1.58 bits per heavy atom. The molecule has 0 spiro atoms. The molecule has 0 unspecified atom stereocenters. The maximum atomic E-state index is 13.0. The average molecular weight is 468 g/mol. The zero-order valence-corrected chi connectivity index (χ0v) is 20.7. The predicted octanol–water partition coefficient (Wildman–Crippen LogP) is 5.67. The van der Waals surface area contributed by atoms with Gasteiger partial charge in [0.25, 0.3) is 0 Å². The highest BCUT2D eigenvalue weighted by Crippen LogP contribution is 2.40. The van der Waals surface area contributed by atoms with E-state index in [-0.39, 0.29) is 16.7 Å². The highest BCUT2D eigenvalue weighted by atomic mass is 19.4. The number of carbonyl (C=O) groups excluding carboxylic acids is 1. The molecule has 1 aromatic rings. The van der Waals surface area contributed by atoms with Crippen molar-refractivity contribution in [3.63, 3.8) is 0 Å². The zero-order chi connectivity index (χ0) is 24.3. The van der Waals surface area contributed by atoms with Crippen LogP contribution in [0, 0.1) is 10.8 Å². The third-order valence-electron chi connectivity index (χ3n) is 6.87. The van der Waals surface area contributed by atoms with E-state index in [1.54, 1.807) is 6.07 Å². The number of piperazine rings is 1. The number of rotatable bonds is 7. The summed E-state index contributed by atoms with van der Waals surface area (Å²) in [4.78, 5) is 19.2. The number of hydrogen-bond acceptors (Lipinski definition) is 3. The molecule has 2 saturated heterocycles. The van der Waals surface area contributed by atoms with E-state index in [1.165, 1.54) is 12.1 Å². The first-order valence-corrected chi connectivity index (χ1v) is 12.3. The fourth-order valence-electron chi connectivity index (χ4n) is 5.67. The Labute approximate surface area is 197 Å². The molecule has 0 N–H and O–H groups in total. The summed E-state index contributed by atoms with van der Waals surface area (Å²) in [6.45, 7) is 14.8. The Balaban J connectivity index is 1.37. The third-order valence-corrected chi connectivity index (χ3v) is 6.87. The first-order chi connectivity index (χ1) is 15.3. The summed E-state index contributed by atoms with van der Waals surface area (Å²) in [6, 6.07) is 5.63. The molecular formula is C26H40F3N3O. The zero-order valence-electron chi connectivity index (χ0n) is 20.7. The molecule has 3 rings (SSSR count). The van der Waals surface area contributed by atoms with Gasteiger partial charge in [-0.15, -0.1) is 0 Å². The number of amides is 1. The standard InChI is InChI=1S/C26H40F3N3O/c1-24(2)18-23(33)32(20-25(3,4)19-24)12-7-5-6-11-30-13-15-31(16-14-30)22-10-8-9-21(17-22)26(27,28)29/h8-10,17H,5-7,11-16,18-20H2,1-4H3. The van der Waals surface area contributed by atoms with Crippen LogP contribution in [0.3, 0.4) is 0 Å². The van der Waals surface area contributed by atoms with E-state index >= 15 is 0 Å². The number of benzene rings is 1. The molecule has 0 bridgehead atoms. The summed E-state index contributed by atoms with van der Waals surface area (Å²) in [6.07, 6.45) is 0.581. The summed E-state index contributed by atoms with van der Waals surface area (Å²) >= 11 is 0. The molecule has 0 atom stereocenters. The number of anilines is 1. The largest absolute Gasteiger partial charge is 0.416 e. The number of unbranched alkanes of at least 4 members (excludes halogenated alkanes) is 2. The topological polar surface area (TPSA) is 26.8 Å². The van der Waals surface area contributed by atoms with Gasteiger partial charge in [-0.25, -0.2) is 0 Å². The lowest BCUT2D eigenvalue weighted by Gasteiger charge is -2.36. The first kappa shape index (κ1) is 25.9. The van der Waals surface area contributed by atoms with Gasteiger partial charge in [0.15, 0.2) is 0 Å². The Morgan fingerprint density at radius 3 is 2.24 bits per heavy atom. The Kier molecular flexibility index (Phi) is 8.03. The van der Waals surface area contributed by atoms with Crippen LogP contribution in [-0.2, 0) is 11.0 Å². The summed E-state index contributed by atoms with van der Waals surface area (Å²) in [5, 5.41) is 0. The normalized spacial score (nSPS) is 21.8. The van der Waals surface area contributed by atoms with Crippen molar-refractivity contribution in [1.29, 1.82) is 0 Å². The fraction of sp³-hybridized carbons (Fsp3) is 0.731. The average Bonchev–Trinajstić information content (AvgIpc) is 2.79. The molecule has 186 valence electrons. The molecule has 4 nitrogen and oxygen atoms in total. The van der Waals surface area contributed by atoms with Crippen LogP contribution in [0.25, 0.3) is 0 Å². The SMILES string of the molecule is CC1(C)CC(=O)N(CCCCCN2CCN(c3cccc(C(F)(F)F)c3)CC2)CC(C)(C)C1. The Morgan fingerprint density at radius 1 is 0.909 bits per heavy atom. The molecule has 1 amide bonds. The monoisotopic (exact) mass is 467 g/mol. The molecular weight excluding hydrogens is 427 g/mol. The quantitative estimate of drug-likeness (QED) is 0.483. The first-order valence-electron chi connectivity index (χ1n) is 12.3. The predicted molar refractivity (Wildman–Crippen MR) is 127 cm³/mol. The van der Waals surface area contributed by atoms with Crippen LogP contribution >= 0.6 is 0 Å². The van der Waals surface area contributed by atoms with Gasteiger partial charge in [0.05, 0.1) is 5.56 Å². The van der Waals surface area contributed by atoms with Gasteiger partial charge in [-0.05, 0) is 54.8 Å². The van der Waals surface area contributed by atoms with Gasteiger partial charge in [0, 0.05) is 51.4 Å². The summed E-state index contributed by atoms with van der Waals surface area (Å²) in [5.74, 6) is 0.288. The molecule has 2 heterocycles. The second kappa shape index (κ2) is 10.2. The molecule has 1 aromatic carbocycles. The molecule has 2 fully saturated rings. The minimum Gasteiger partial charge on any atom is -0.369 e. The summed E-state index contributed by atoms with van der Waals surface area (Å²) < 4.78 is 38.9. The van der Waals surface area contributed by atoms with Crippen LogP contribution in [0.4, 0.5) is 18.9 Å². The number of alkyl halides is 3. The van der Waals surface area contributed by atoms with Crippen LogP contribution in [0.1, 0.15) is 65.4 Å². The number of halogens is 3. The van der Waals surface area contributed by atoms with Crippen molar-refractivity contribution in [2.45, 2.75) is 66.0 Å². The van der Waals surface area contributed by atoms with Crippen molar-refractivity contribution < 1.29 is 18.0 Å². The molecule has 33 heavy (non-hydrogen) atoms. The van der Waals surface area contributed by atoms with Crippen molar-refractivity contribution in [2.24, 2.45) is 10.8 Å². The van der Waals surface area contributed by atoms with Crippen LogP contribution in [-0.4, -0.2) is 61.5 Å². The van der Waals surface area contributed by atoms with Gasteiger partial charge < -0.3 is 9.80 Å². The molecule has 2 aliphatic heterocycles. The third kappa shape index (κ3) is 7.62. The second-order valence-electron chi connectivity index (χ2n) is 11.4. The lowest BCUT2D eigenvalue weighted by Crippen LogP contribution is -2.46. The highest BCUT2D eigenvalue weighted by Gasteiger charge is 2.37. The van der Waals surface area contributed by atoms with E-state index < -0.39 is 11.7 Å². The molecule has 7 heteroatoms. The van der Waals surface area contributed by atoms with E-state index in [4.69, 9.17) is 0 Å². The maximum Gasteiger partial charge on any atom is 0.416 e. The highest BCUT2D eigenvalue weighted by molar-refractivity contribution is 5.77. The van der Waals surface area contributed by atoms with Crippen molar-refractivity contribution in [3.8, 4) is 0 Å². The van der Waals surface area contributed by atoms with Crippen molar-refractivity contribution >= 4 is 11.6 Å². The van der Waals surface area contributed by atoms with Crippen LogP contribution in [0.5, 0.6) is 0 Å². The van der Waals surface area contributed by atoms with Crippen LogP contribution < -0.4 is 4.90 Å². The minimum atomic E-state index is -4.30. The molecule has 2 aliphatic rings. The Bertz CT molecular complexity index is 798. The van der Waals surface area contributed by atoms with Crippen molar-refractivity contribution in [2.75, 3.05) is 50.7 Å². The van der Waals surface area contributed by atoms with Gasteiger partial charge in [-0.1, -0.05) is 40.2 Å². The number of carbonyl (C=O) groups is 1. The van der Waals surface area contributed by atoms with Gasteiger partial charge in [0.2, 0.25) is 5.91 Å². The van der Waals surface area contributed by atoms with E-state index in [9.17, 15) is 18.0 Å².